The van der Waals surface area contributed by atoms with E-state index >= 15 is 0 Å². The van der Waals surface area contributed by atoms with Gasteiger partial charge in [-0.2, -0.15) is 0 Å². The van der Waals surface area contributed by atoms with Crippen LogP contribution in [0.5, 0.6) is 5.75 Å². The highest BCUT2D eigenvalue weighted by Gasteiger charge is 2.11. The lowest BCUT2D eigenvalue weighted by Crippen LogP contribution is -2.42. The molecule has 0 aliphatic rings. The predicted molar refractivity (Wildman–Crippen MR) is 79.1 cm³/mol. The van der Waals surface area contributed by atoms with Crippen LogP contribution in [0.1, 0.15) is 19.4 Å². The second-order valence-electron chi connectivity index (χ2n) is 5.16. The van der Waals surface area contributed by atoms with Crippen LogP contribution < -0.4 is 10.6 Å². The number of carbonyl (C=O) groups excluding carboxylic acids is 3. The molecule has 0 heterocycles. The van der Waals surface area contributed by atoms with Gasteiger partial charge in [0.25, 0.3) is 5.91 Å². The molecule has 7 heteroatoms. The second-order valence-corrected chi connectivity index (χ2v) is 5.16. The van der Waals surface area contributed by atoms with E-state index in [0.717, 1.165) is 0 Å². The Morgan fingerprint density at radius 3 is 2.41 bits per heavy atom. The maximum atomic E-state index is 11.5. The standard InChI is InChI=1S/C15H20N2O5/c1-10(2)8-16-15(21)17-13(19)9-22-14(20)7-11-3-5-12(18)6-4-11/h3-6,10,18H,7-9H2,1-2H3,(H2,16,17,19,21). The van der Waals surface area contributed by atoms with Gasteiger partial charge in [0.1, 0.15) is 5.75 Å². The summed E-state index contributed by atoms with van der Waals surface area (Å²) in [7, 11) is 0. The number of phenolic OH excluding ortho intramolecular Hbond substituents is 1. The lowest BCUT2D eigenvalue weighted by atomic mass is 10.1. The lowest BCUT2D eigenvalue weighted by Gasteiger charge is -2.09. The van der Waals surface area contributed by atoms with Crippen LogP contribution in [-0.2, 0) is 20.7 Å². The number of hydrogen-bond donors (Lipinski definition) is 3. The number of aromatic hydroxyl groups is 1. The molecule has 0 aliphatic carbocycles. The van der Waals surface area contributed by atoms with Crippen molar-refractivity contribution in [1.29, 1.82) is 0 Å². The molecule has 1 rings (SSSR count). The van der Waals surface area contributed by atoms with Gasteiger partial charge in [-0.3, -0.25) is 14.9 Å². The Morgan fingerprint density at radius 1 is 1.18 bits per heavy atom. The summed E-state index contributed by atoms with van der Waals surface area (Å²) in [6.45, 7) is 3.77. The number of benzene rings is 1. The van der Waals surface area contributed by atoms with E-state index in [0.29, 0.717) is 12.1 Å². The van der Waals surface area contributed by atoms with Crippen LogP contribution in [0.3, 0.4) is 0 Å². The first-order chi connectivity index (χ1) is 10.4. The zero-order chi connectivity index (χ0) is 16.5. The van der Waals surface area contributed by atoms with Crippen molar-refractivity contribution in [2.24, 2.45) is 5.92 Å². The van der Waals surface area contributed by atoms with E-state index in [4.69, 9.17) is 9.84 Å². The fourth-order valence-electron chi connectivity index (χ4n) is 1.48. The van der Waals surface area contributed by atoms with E-state index in [1.807, 2.05) is 13.8 Å². The Kier molecular flexibility index (Phi) is 6.88. The zero-order valence-corrected chi connectivity index (χ0v) is 12.6. The first-order valence-corrected chi connectivity index (χ1v) is 6.88. The largest absolute Gasteiger partial charge is 0.508 e. The van der Waals surface area contributed by atoms with Gasteiger partial charge in [-0.25, -0.2) is 4.79 Å². The maximum Gasteiger partial charge on any atom is 0.321 e. The van der Waals surface area contributed by atoms with Gasteiger partial charge in [0.15, 0.2) is 6.61 Å². The average Bonchev–Trinajstić information content (AvgIpc) is 2.45. The number of nitrogens with one attached hydrogen (secondary N) is 2. The molecule has 3 N–H and O–H groups in total. The maximum absolute atomic E-state index is 11.5. The third-order valence-corrected chi connectivity index (χ3v) is 2.57. The van der Waals surface area contributed by atoms with Crippen molar-refractivity contribution in [2.75, 3.05) is 13.2 Å². The fraction of sp³-hybridized carbons (Fsp3) is 0.400. The topological polar surface area (TPSA) is 105 Å². The van der Waals surface area contributed by atoms with E-state index in [-0.39, 0.29) is 18.1 Å². The number of phenols is 1. The van der Waals surface area contributed by atoms with E-state index < -0.39 is 24.5 Å². The quantitative estimate of drug-likeness (QED) is 0.679. The number of urea groups is 1. The van der Waals surface area contributed by atoms with Crippen molar-refractivity contribution in [3.05, 3.63) is 29.8 Å². The summed E-state index contributed by atoms with van der Waals surface area (Å²) >= 11 is 0. The molecule has 0 radical (unpaired) electrons. The Balaban J connectivity index is 2.27. The number of esters is 1. The van der Waals surface area contributed by atoms with Gasteiger partial charge < -0.3 is 15.2 Å². The molecule has 0 aliphatic heterocycles. The molecule has 0 unspecified atom stereocenters. The highest BCUT2D eigenvalue weighted by Crippen LogP contribution is 2.10. The molecule has 120 valence electrons. The van der Waals surface area contributed by atoms with Crippen LogP contribution in [0.4, 0.5) is 4.79 Å². The third-order valence-electron chi connectivity index (χ3n) is 2.57. The Hall–Kier alpha value is -2.57. The summed E-state index contributed by atoms with van der Waals surface area (Å²) in [6, 6.07) is 5.45. The molecular weight excluding hydrogens is 288 g/mol. The van der Waals surface area contributed by atoms with Gasteiger partial charge in [-0.15, -0.1) is 0 Å². The molecular formula is C15H20N2O5. The van der Waals surface area contributed by atoms with Gasteiger partial charge in [0.2, 0.25) is 0 Å². The zero-order valence-electron chi connectivity index (χ0n) is 12.6. The van der Waals surface area contributed by atoms with Gasteiger partial charge in [-0.05, 0) is 23.6 Å². The molecule has 0 fully saturated rings. The monoisotopic (exact) mass is 308 g/mol. The van der Waals surface area contributed by atoms with Crippen LogP contribution in [0.25, 0.3) is 0 Å². The van der Waals surface area contributed by atoms with Crippen molar-refractivity contribution >= 4 is 17.9 Å². The molecule has 7 nitrogen and oxygen atoms in total. The summed E-state index contributed by atoms with van der Waals surface area (Å²) in [5.74, 6) is -0.920. The van der Waals surface area contributed by atoms with Gasteiger partial charge in [0, 0.05) is 6.54 Å². The van der Waals surface area contributed by atoms with Gasteiger partial charge in [-0.1, -0.05) is 26.0 Å². The van der Waals surface area contributed by atoms with Crippen molar-refractivity contribution < 1.29 is 24.2 Å². The molecule has 0 atom stereocenters. The summed E-state index contributed by atoms with van der Waals surface area (Å²) in [5.41, 5.74) is 0.651. The summed E-state index contributed by atoms with van der Waals surface area (Å²) in [4.78, 5) is 34.3. The van der Waals surface area contributed by atoms with Gasteiger partial charge >= 0.3 is 12.0 Å². The molecule has 1 aromatic rings. The van der Waals surface area contributed by atoms with E-state index in [1.54, 1.807) is 12.1 Å². The predicted octanol–water partition coefficient (Wildman–Crippen LogP) is 0.960. The Bertz CT molecular complexity index is 525. The highest BCUT2D eigenvalue weighted by atomic mass is 16.5. The normalized spacial score (nSPS) is 10.1. The molecule has 0 saturated carbocycles. The van der Waals surface area contributed by atoms with E-state index in [9.17, 15) is 14.4 Å². The first-order valence-electron chi connectivity index (χ1n) is 6.88. The Labute approximate surface area is 128 Å². The number of imide groups is 1. The van der Waals surface area contributed by atoms with Crippen LogP contribution in [-0.4, -0.2) is 36.2 Å². The number of carbonyl (C=O) groups is 3. The minimum atomic E-state index is -0.694. The summed E-state index contributed by atoms with van der Waals surface area (Å²) in [6.07, 6.45) is -0.0207. The van der Waals surface area contributed by atoms with E-state index in [2.05, 4.69) is 10.6 Å². The minimum absolute atomic E-state index is 0.0207. The average molecular weight is 308 g/mol. The fourth-order valence-corrected chi connectivity index (χ4v) is 1.48. The summed E-state index contributed by atoms with van der Waals surface area (Å²) < 4.78 is 4.77. The van der Waals surface area contributed by atoms with Crippen molar-refractivity contribution in [1.82, 2.24) is 10.6 Å². The van der Waals surface area contributed by atoms with Crippen LogP contribution in [0.15, 0.2) is 24.3 Å². The molecule has 22 heavy (non-hydrogen) atoms. The van der Waals surface area contributed by atoms with Crippen molar-refractivity contribution in [3.8, 4) is 5.75 Å². The molecule has 3 amide bonds. The molecule has 0 spiro atoms. The third kappa shape index (κ3) is 7.28. The Morgan fingerprint density at radius 2 is 1.82 bits per heavy atom. The lowest BCUT2D eigenvalue weighted by molar-refractivity contribution is -0.147. The number of rotatable bonds is 6. The van der Waals surface area contributed by atoms with Crippen molar-refractivity contribution in [3.63, 3.8) is 0 Å². The van der Waals surface area contributed by atoms with Crippen LogP contribution in [0.2, 0.25) is 0 Å². The number of hydrogen-bond acceptors (Lipinski definition) is 5. The molecule has 0 saturated heterocycles. The minimum Gasteiger partial charge on any atom is -0.508 e. The van der Waals surface area contributed by atoms with Crippen LogP contribution in [0, 0.1) is 5.92 Å². The molecule has 0 bridgehead atoms. The smallest absolute Gasteiger partial charge is 0.321 e. The van der Waals surface area contributed by atoms with Gasteiger partial charge in [0.05, 0.1) is 6.42 Å². The SMILES string of the molecule is CC(C)CNC(=O)NC(=O)COC(=O)Cc1ccc(O)cc1. The molecule has 0 aromatic heterocycles. The first kappa shape index (κ1) is 17.5. The second kappa shape index (κ2) is 8.66. The number of ether oxygens (including phenoxy) is 1. The summed E-state index contributed by atoms with van der Waals surface area (Å²) in [5, 5.41) is 13.7. The van der Waals surface area contributed by atoms with Crippen molar-refractivity contribution in [2.45, 2.75) is 20.3 Å². The highest BCUT2D eigenvalue weighted by molar-refractivity contribution is 5.95. The van der Waals surface area contributed by atoms with Crippen LogP contribution >= 0.6 is 0 Å². The molecule has 1 aromatic carbocycles. The van der Waals surface area contributed by atoms with E-state index in [1.165, 1.54) is 12.1 Å². The number of amides is 3.